The van der Waals surface area contributed by atoms with E-state index in [2.05, 4.69) is 4.74 Å². The van der Waals surface area contributed by atoms with Crippen LogP contribution in [-0.4, -0.2) is 47.9 Å². The molecule has 1 atom stereocenters. The first-order chi connectivity index (χ1) is 12.5. The first-order valence-corrected chi connectivity index (χ1v) is 7.67. The Morgan fingerprint density at radius 3 is 1.41 bits per heavy atom. The van der Waals surface area contributed by atoms with E-state index >= 15 is 0 Å². The van der Waals surface area contributed by atoms with Crippen molar-refractivity contribution < 1.29 is 66.6 Å². The van der Waals surface area contributed by atoms with E-state index in [0.717, 1.165) is 6.92 Å². The quantitative estimate of drug-likeness (QED) is 0.306. The Morgan fingerprint density at radius 2 is 1.10 bits per heavy atom. The summed E-state index contributed by atoms with van der Waals surface area (Å²) in [5, 5.41) is 0. The van der Waals surface area contributed by atoms with Crippen LogP contribution < -0.4 is 0 Å². The lowest BCUT2D eigenvalue weighted by molar-refractivity contribution is -0.440. The molecule has 0 fully saturated rings. The normalized spacial score (nSPS) is 16.2. The van der Waals surface area contributed by atoms with E-state index < -0.39 is 66.6 Å². The van der Waals surface area contributed by atoms with Crippen molar-refractivity contribution in [3.05, 3.63) is 0 Å². The minimum absolute atomic E-state index is 0.752. The van der Waals surface area contributed by atoms with Gasteiger partial charge in [0, 0.05) is 6.42 Å². The van der Waals surface area contributed by atoms with Gasteiger partial charge in [-0.05, 0) is 20.3 Å². The molecule has 0 aromatic carbocycles. The van der Waals surface area contributed by atoms with Crippen molar-refractivity contribution in [3.63, 3.8) is 0 Å². The Balaban J connectivity index is 6.13. The summed E-state index contributed by atoms with van der Waals surface area (Å²) in [5.74, 6) is -41.2. The highest BCUT2D eigenvalue weighted by Crippen LogP contribution is 2.61. The van der Waals surface area contributed by atoms with Gasteiger partial charge in [-0.1, -0.05) is 6.92 Å². The molecule has 0 amide bonds. The van der Waals surface area contributed by atoms with Crippen molar-refractivity contribution >= 4 is 5.97 Å². The highest BCUT2D eigenvalue weighted by atomic mass is 19.4. The fraction of sp³-hybridized carbons (Fsp3) is 0.929. The van der Waals surface area contributed by atoms with Crippen molar-refractivity contribution in [2.45, 2.75) is 75.5 Å². The molecule has 0 rings (SSSR count). The standard InChI is InChI=1S/C14H15F13O2/c1-4-7(8(28)29-6(2)3)5-9(15,16)10(17,18)11(19,20)12(21,22)13(23,24)14(25,26)27/h6-7H,4-5H2,1-3H3. The van der Waals surface area contributed by atoms with Crippen LogP contribution in [0, 0.1) is 5.92 Å². The summed E-state index contributed by atoms with van der Waals surface area (Å²) < 4.78 is 173. The minimum Gasteiger partial charge on any atom is -0.463 e. The van der Waals surface area contributed by atoms with Crippen molar-refractivity contribution in [1.82, 2.24) is 0 Å². The summed E-state index contributed by atoms with van der Waals surface area (Å²) in [7, 11) is 0. The van der Waals surface area contributed by atoms with Gasteiger partial charge in [0.15, 0.2) is 0 Å². The van der Waals surface area contributed by atoms with E-state index in [-0.39, 0.29) is 0 Å². The molecule has 29 heavy (non-hydrogen) atoms. The Labute approximate surface area is 155 Å². The van der Waals surface area contributed by atoms with Crippen LogP contribution >= 0.6 is 0 Å². The van der Waals surface area contributed by atoms with Gasteiger partial charge in [-0.2, -0.15) is 57.1 Å². The zero-order valence-electron chi connectivity index (χ0n) is 14.8. The maximum Gasteiger partial charge on any atom is 0.460 e. The molecule has 1 unspecified atom stereocenters. The Hall–Kier alpha value is -1.44. The smallest absolute Gasteiger partial charge is 0.460 e. The lowest BCUT2D eigenvalue weighted by Gasteiger charge is -2.40. The van der Waals surface area contributed by atoms with E-state index in [1.54, 1.807) is 0 Å². The lowest BCUT2D eigenvalue weighted by atomic mass is 9.88. The number of carbonyl (C=O) groups is 1. The fourth-order valence-electron chi connectivity index (χ4n) is 1.96. The molecule has 15 heteroatoms. The molecule has 0 N–H and O–H groups in total. The second kappa shape index (κ2) is 8.00. The molecule has 0 aromatic rings. The number of hydrogen-bond acceptors (Lipinski definition) is 2. The third kappa shape index (κ3) is 4.67. The van der Waals surface area contributed by atoms with E-state index in [0.29, 0.717) is 0 Å². The fourth-order valence-corrected chi connectivity index (χ4v) is 1.96. The number of halogens is 13. The van der Waals surface area contributed by atoms with Crippen LogP contribution in [-0.2, 0) is 9.53 Å². The monoisotopic (exact) mass is 462 g/mol. The molecule has 0 heterocycles. The average molecular weight is 462 g/mol. The summed E-state index contributed by atoms with van der Waals surface area (Å²) >= 11 is 0. The zero-order valence-corrected chi connectivity index (χ0v) is 14.8. The van der Waals surface area contributed by atoms with Crippen molar-refractivity contribution in [2.75, 3.05) is 0 Å². The molecule has 2 nitrogen and oxygen atoms in total. The second-order valence-electron chi connectivity index (χ2n) is 6.29. The first kappa shape index (κ1) is 27.6. The third-order valence-electron chi connectivity index (χ3n) is 3.68. The van der Waals surface area contributed by atoms with Gasteiger partial charge >= 0.3 is 41.8 Å². The summed E-state index contributed by atoms with van der Waals surface area (Å²) in [4.78, 5) is 11.5. The van der Waals surface area contributed by atoms with Crippen LogP contribution in [0.4, 0.5) is 57.1 Å². The summed E-state index contributed by atoms with van der Waals surface area (Å²) in [5.41, 5.74) is 0. The molecule has 0 aliphatic rings. The van der Waals surface area contributed by atoms with Crippen LogP contribution in [0.15, 0.2) is 0 Å². The first-order valence-electron chi connectivity index (χ1n) is 7.67. The van der Waals surface area contributed by atoms with Gasteiger partial charge in [-0.25, -0.2) is 0 Å². The topological polar surface area (TPSA) is 26.3 Å². The van der Waals surface area contributed by atoms with Crippen molar-refractivity contribution in [1.29, 1.82) is 0 Å². The van der Waals surface area contributed by atoms with Crippen LogP contribution in [0.25, 0.3) is 0 Å². The van der Waals surface area contributed by atoms with Gasteiger partial charge in [0.1, 0.15) is 0 Å². The van der Waals surface area contributed by atoms with Crippen LogP contribution in [0.1, 0.15) is 33.6 Å². The van der Waals surface area contributed by atoms with Crippen molar-refractivity contribution in [3.8, 4) is 0 Å². The molecule has 0 aromatic heterocycles. The van der Waals surface area contributed by atoms with Gasteiger partial charge in [0.05, 0.1) is 12.0 Å². The molecule has 0 radical (unpaired) electrons. The number of rotatable bonds is 9. The predicted molar refractivity (Wildman–Crippen MR) is 70.4 cm³/mol. The van der Waals surface area contributed by atoms with Crippen LogP contribution in [0.5, 0.6) is 0 Å². The summed E-state index contributed by atoms with van der Waals surface area (Å²) in [6.45, 7) is 3.29. The SMILES string of the molecule is CCC(CC(F)(F)C(F)(F)C(F)(F)C(F)(F)C(F)(F)C(F)(F)F)C(=O)OC(C)C. The highest BCUT2D eigenvalue weighted by Gasteiger charge is 2.90. The number of hydrogen-bond donors (Lipinski definition) is 0. The maximum atomic E-state index is 13.7. The molecule has 0 aliphatic heterocycles. The van der Waals surface area contributed by atoms with Gasteiger partial charge < -0.3 is 4.74 Å². The molecule has 0 saturated carbocycles. The largest absolute Gasteiger partial charge is 0.463 e. The van der Waals surface area contributed by atoms with E-state index in [4.69, 9.17) is 0 Å². The summed E-state index contributed by atoms with van der Waals surface area (Å²) in [6, 6.07) is 0. The van der Waals surface area contributed by atoms with Crippen molar-refractivity contribution in [2.24, 2.45) is 5.92 Å². The zero-order chi connectivity index (χ0) is 23.9. The number of alkyl halides is 13. The molecule has 0 saturated heterocycles. The van der Waals surface area contributed by atoms with E-state index in [9.17, 15) is 61.9 Å². The average Bonchev–Trinajstić information content (AvgIpc) is 2.49. The Kier molecular flexibility index (Phi) is 7.61. The highest BCUT2D eigenvalue weighted by molar-refractivity contribution is 5.72. The van der Waals surface area contributed by atoms with E-state index in [1.165, 1.54) is 13.8 Å². The molecule has 0 spiro atoms. The maximum absolute atomic E-state index is 13.7. The van der Waals surface area contributed by atoms with Crippen LogP contribution in [0.3, 0.4) is 0 Å². The number of esters is 1. The second-order valence-corrected chi connectivity index (χ2v) is 6.29. The van der Waals surface area contributed by atoms with E-state index in [1.807, 2.05) is 0 Å². The molecular weight excluding hydrogens is 447 g/mol. The van der Waals surface area contributed by atoms with Gasteiger partial charge in [0.2, 0.25) is 0 Å². The molecule has 0 bridgehead atoms. The number of ether oxygens (including phenoxy) is 1. The predicted octanol–water partition coefficient (Wildman–Crippen LogP) is 6.09. The summed E-state index contributed by atoms with van der Waals surface area (Å²) in [6.07, 6.45) is -11.8. The lowest BCUT2D eigenvalue weighted by Crippen LogP contribution is -2.70. The Morgan fingerprint density at radius 1 is 0.724 bits per heavy atom. The third-order valence-corrected chi connectivity index (χ3v) is 3.68. The van der Waals surface area contributed by atoms with Crippen LogP contribution in [0.2, 0.25) is 0 Å². The van der Waals surface area contributed by atoms with Gasteiger partial charge in [0.25, 0.3) is 0 Å². The van der Waals surface area contributed by atoms with Gasteiger partial charge in [-0.15, -0.1) is 0 Å². The molecule has 0 aliphatic carbocycles. The Bertz CT molecular complexity index is 581. The minimum atomic E-state index is -7.95. The van der Waals surface area contributed by atoms with Gasteiger partial charge in [-0.3, -0.25) is 4.79 Å². The molecular formula is C14H15F13O2. The number of carbonyl (C=O) groups excluding carboxylic acids is 1. The molecule has 174 valence electrons.